The molecule has 6 heteroatoms. The van der Waals surface area contributed by atoms with Crippen LogP contribution < -0.4 is 0 Å². The first-order valence-corrected chi connectivity index (χ1v) is 8.77. The minimum absolute atomic E-state index is 0.0711. The summed E-state index contributed by atoms with van der Waals surface area (Å²) in [7, 11) is 1.33. The highest BCUT2D eigenvalue weighted by Crippen LogP contribution is 2.28. The van der Waals surface area contributed by atoms with Gasteiger partial charge in [-0.05, 0) is 24.6 Å². The van der Waals surface area contributed by atoms with Gasteiger partial charge < -0.3 is 9.47 Å². The number of carbonyl (C=O) groups excluding carboxylic acids is 2. The van der Waals surface area contributed by atoms with Gasteiger partial charge in [-0.25, -0.2) is 14.6 Å². The first-order chi connectivity index (χ1) is 12.6. The summed E-state index contributed by atoms with van der Waals surface area (Å²) in [5.41, 5.74) is 2.74. The molecular weight excluding hydrogens is 350 g/mol. The number of aryl methyl sites for hydroxylation is 1. The number of methoxy groups -OCH3 is 1. The fraction of sp³-hybridized carbons (Fsp3) is 0.150. The summed E-state index contributed by atoms with van der Waals surface area (Å²) in [6.07, 6.45) is 0. The van der Waals surface area contributed by atoms with Gasteiger partial charge in [-0.2, -0.15) is 0 Å². The number of hydrogen-bond donors (Lipinski definition) is 0. The molecule has 5 nitrogen and oxygen atoms in total. The largest absolute Gasteiger partial charge is 0.465 e. The Morgan fingerprint density at radius 1 is 1.04 bits per heavy atom. The van der Waals surface area contributed by atoms with Crippen LogP contribution >= 0.6 is 11.3 Å². The number of rotatable bonds is 5. The zero-order valence-corrected chi connectivity index (χ0v) is 15.2. The molecule has 0 aliphatic heterocycles. The molecule has 2 aromatic carbocycles. The van der Waals surface area contributed by atoms with Gasteiger partial charge >= 0.3 is 11.9 Å². The average molecular weight is 367 g/mol. The zero-order chi connectivity index (χ0) is 18.5. The summed E-state index contributed by atoms with van der Waals surface area (Å²) < 4.78 is 10.1. The minimum atomic E-state index is -0.427. The van der Waals surface area contributed by atoms with Crippen LogP contribution in [0.1, 0.15) is 31.3 Å². The second-order valence-corrected chi connectivity index (χ2v) is 6.57. The molecule has 26 heavy (non-hydrogen) atoms. The molecule has 0 fully saturated rings. The second-order valence-electron chi connectivity index (χ2n) is 5.57. The van der Waals surface area contributed by atoms with Crippen molar-refractivity contribution in [1.29, 1.82) is 0 Å². The van der Waals surface area contributed by atoms with Crippen molar-refractivity contribution in [2.45, 2.75) is 13.5 Å². The molecule has 0 saturated heterocycles. The lowest BCUT2D eigenvalue weighted by Gasteiger charge is -2.05. The van der Waals surface area contributed by atoms with Crippen LogP contribution in [0.3, 0.4) is 0 Å². The van der Waals surface area contributed by atoms with E-state index in [2.05, 4.69) is 4.98 Å². The predicted molar refractivity (Wildman–Crippen MR) is 99.2 cm³/mol. The molecule has 0 spiro atoms. The van der Waals surface area contributed by atoms with E-state index in [4.69, 9.17) is 9.47 Å². The highest BCUT2D eigenvalue weighted by atomic mass is 32.1. The van der Waals surface area contributed by atoms with E-state index in [1.165, 1.54) is 18.4 Å². The number of hydrogen-bond acceptors (Lipinski definition) is 6. The minimum Gasteiger partial charge on any atom is -0.465 e. The lowest BCUT2D eigenvalue weighted by Crippen LogP contribution is -2.06. The number of benzene rings is 2. The predicted octanol–water partition coefficient (Wildman–Crippen LogP) is 4.26. The first kappa shape index (κ1) is 17.8. The Bertz CT molecular complexity index is 934. The molecule has 3 rings (SSSR count). The van der Waals surface area contributed by atoms with Crippen molar-refractivity contribution in [3.8, 4) is 10.6 Å². The van der Waals surface area contributed by atoms with Gasteiger partial charge in [0, 0.05) is 5.56 Å². The molecule has 0 saturated carbocycles. The standard InChI is InChI=1S/C20H17NO4S/c1-13-17(26-18(21-13)15-8-4-3-5-9-15)20(23)25-12-14-7-6-10-16(11-14)19(22)24-2/h3-11H,12H2,1-2H3. The third kappa shape index (κ3) is 3.97. The second kappa shape index (κ2) is 7.93. The molecule has 3 aromatic rings. The Kier molecular flexibility index (Phi) is 5.43. The van der Waals surface area contributed by atoms with Crippen molar-refractivity contribution in [2.75, 3.05) is 7.11 Å². The Labute approximate surface area is 155 Å². The lowest BCUT2D eigenvalue weighted by atomic mass is 10.1. The van der Waals surface area contributed by atoms with E-state index in [0.717, 1.165) is 10.6 Å². The van der Waals surface area contributed by atoms with Gasteiger partial charge in [0.05, 0.1) is 18.4 Å². The Morgan fingerprint density at radius 2 is 1.81 bits per heavy atom. The van der Waals surface area contributed by atoms with E-state index < -0.39 is 11.9 Å². The lowest BCUT2D eigenvalue weighted by molar-refractivity contribution is 0.0477. The fourth-order valence-electron chi connectivity index (χ4n) is 2.41. The van der Waals surface area contributed by atoms with Gasteiger partial charge in [0.25, 0.3) is 0 Å². The number of thiazole rings is 1. The molecule has 0 atom stereocenters. The van der Waals surface area contributed by atoms with E-state index in [1.54, 1.807) is 31.2 Å². The van der Waals surface area contributed by atoms with Gasteiger partial charge in [-0.3, -0.25) is 0 Å². The van der Waals surface area contributed by atoms with Crippen molar-refractivity contribution in [1.82, 2.24) is 4.98 Å². The Hall–Kier alpha value is -2.99. The SMILES string of the molecule is COC(=O)c1cccc(COC(=O)c2sc(-c3ccccc3)nc2C)c1. The van der Waals surface area contributed by atoms with Crippen LogP contribution in [-0.4, -0.2) is 24.0 Å². The molecule has 132 valence electrons. The van der Waals surface area contributed by atoms with E-state index in [-0.39, 0.29) is 6.61 Å². The Balaban J connectivity index is 1.71. The number of ether oxygens (including phenoxy) is 2. The normalized spacial score (nSPS) is 10.4. The number of aromatic nitrogens is 1. The van der Waals surface area contributed by atoms with Crippen LogP contribution in [-0.2, 0) is 16.1 Å². The van der Waals surface area contributed by atoms with Gasteiger partial charge in [-0.15, -0.1) is 11.3 Å². The van der Waals surface area contributed by atoms with Crippen LogP contribution in [0.4, 0.5) is 0 Å². The summed E-state index contributed by atoms with van der Waals surface area (Å²) in [6, 6.07) is 16.5. The van der Waals surface area contributed by atoms with Gasteiger partial charge in [0.1, 0.15) is 16.5 Å². The molecule has 0 aliphatic rings. The van der Waals surface area contributed by atoms with Crippen molar-refractivity contribution in [3.63, 3.8) is 0 Å². The molecule has 1 heterocycles. The topological polar surface area (TPSA) is 65.5 Å². The fourth-order valence-corrected chi connectivity index (χ4v) is 3.38. The molecule has 0 bridgehead atoms. The zero-order valence-electron chi connectivity index (χ0n) is 14.4. The summed E-state index contributed by atoms with van der Waals surface area (Å²) in [5, 5.41) is 0.780. The van der Waals surface area contributed by atoms with Gasteiger partial charge in [0.15, 0.2) is 0 Å². The number of carbonyl (C=O) groups is 2. The van der Waals surface area contributed by atoms with Crippen LogP contribution in [0.15, 0.2) is 54.6 Å². The van der Waals surface area contributed by atoms with E-state index in [0.29, 0.717) is 21.7 Å². The summed E-state index contributed by atoms with van der Waals surface area (Å²) in [5.74, 6) is -0.852. The van der Waals surface area contributed by atoms with Crippen LogP contribution in [0, 0.1) is 6.92 Å². The maximum absolute atomic E-state index is 12.4. The number of nitrogens with zero attached hydrogens (tertiary/aromatic N) is 1. The van der Waals surface area contributed by atoms with Crippen molar-refractivity contribution in [3.05, 3.63) is 76.3 Å². The summed E-state index contributed by atoms with van der Waals surface area (Å²) in [4.78, 5) is 28.9. The van der Waals surface area contributed by atoms with Crippen molar-refractivity contribution < 1.29 is 19.1 Å². The highest BCUT2D eigenvalue weighted by molar-refractivity contribution is 7.17. The van der Waals surface area contributed by atoms with E-state index >= 15 is 0 Å². The van der Waals surface area contributed by atoms with Crippen LogP contribution in [0.25, 0.3) is 10.6 Å². The molecule has 1 aromatic heterocycles. The molecular formula is C20H17NO4S. The van der Waals surface area contributed by atoms with E-state index in [9.17, 15) is 9.59 Å². The van der Waals surface area contributed by atoms with Gasteiger partial charge in [0.2, 0.25) is 0 Å². The smallest absolute Gasteiger partial charge is 0.350 e. The van der Waals surface area contributed by atoms with Crippen molar-refractivity contribution in [2.24, 2.45) is 0 Å². The highest BCUT2D eigenvalue weighted by Gasteiger charge is 2.18. The molecule has 0 amide bonds. The maximum Gasteiger partial charge on any atom is 0.350 e. The van der Waals surface area contributed by atoms with Crippen LogP contribution in [0.5, 0.6) is 0 Å². The maximum atomic E-state index is 12.4. The summed E-state index contributed by atoms with van der Waals surface area (Å²) in [6.45, 7) is 1.86. The van der Waals surface area contributed by atoms with Gasteiger partial charge in [-0.1, -0.05) is 42.5 Å². The monoisotopic (exact) mass is 367 g/mol. The quantitative estimate of drug-likeness (QED) is 0.630. The molecule has 0 unspecified atom stereocenters. The summed E-state index contributed by atoms with van der Waals surface area (Å²) >= 11 is 1.31. The molecule has 0 radical (unpaired) electrons. The molecule has 0 N–H and O–H groups in total. The van der Waals surface area contributed by atoms with E-state index in [1.807, 2.05) is 30.3 Å². The number of esters is 2. The van der Waals surface area contributed by atoms with Crippen LogP contribution in [0.2, 0.25) is 0 Å². The first-order valence-electron chi connectivity index (χ1n) is 7.95. The molecule has 0 aliphatic carbocycles. The third-order valence-corrected chi connectivity index (χ3v) is 4.91. The Morgan fingerprint density at radius 3 is 2.54 bits per heavy atom. The third-order valence-electron chi connectivity index (χ3n) is 3.72. The average Bonchev–Trinajstić information content (AvgIpc) is 3.08. The van der Waals surface area contributed by atoms with Crippen molar-refractivity contribution >= 4 is 23.3 Å².